The molecule has 1 aliphatic heterocycles. The van der Waals surface area contributed by atoms with Crippen molar-refractivity contribution in [1.29, 1.82) is 0 Å². The molecule has 0 fully saturated rings. The second-order valence-electron chi connectivity index (χ2n) is 4.21. The normalized spacial score (nSPS) is 21.1. The average Bonchev–Trinajstić information content (AvgIpc) is 2.30. The average molecular weight is 199 g/mol. The highest BCUT2D eigenvalue weighted by atomic mass is 16.6. The molecule has 1 rings (SSSR count). The number of hydrazine groups is 1. The third-order valence-corrected chi connectivity index (χ3v) is 1.52. The fourth-order valence-electron chi connectivity index (χ4n) is 1.04. The lowest BCUT2D eigenvalue weighted by Gasteiger charge is -2.22. The first kappa shape index (κ1) is 10.8. The van der Waals surface area contributed by atoms with Gasteiger partial charge in [-0.25, -0.2) is 10.2 Å². The van der Waals surface area contributed by atoms with E-state index in [-0.39, 0.29) is 6.17 Å². The number of alkyl carbamates (subject to hydrolysis) is 1. The van der Waals surface area contributed by atoms with Crippen LogP contribution < -0.4 is 10.7 Å². The van der Waals surface area contributed by atoms with Crippen molar-refractivity contribution >= 4 is 6.09 Å². The third kappa shape index (κ3) is 3.66. The molecule has 0 aromatic heterocycles. The van der Waals surface area contributed by atoms with Crippen LogP contribution in [0, 0.1) is 0 Å². The van der Waals surface area contributed by atoms with Gasteiger partial charge < -0.3 is 15.1 Å². The van der Waals surface area contributed by atoms with Crippen LogP contribution in [-0.4, -0.2) is 29.9 Å². The van der Waals surface area contributed by atoms with Gasteiger partial charge in [0.1, 0.15) is 11.8 Å². The molecule has 0 saturated carbocycles. The fourth-order valence-corrected chi connectivity index (χ4v) is 1.04. The summed E-state index contributed by atoms with van der Waals surface area (Å²) >= 11 is 0. The fraction of sp³-hybridized carbons (Fsp3) is 0.667. The minimum Gasteiger partial charge on any atom is -0.444 e. The Morgan fingerprint density at radius 1 is 1.57 bits per heavy atom. The van der Waals surface area contributed by atoms with Crippen LogP contribution in [0.4, 0.5) is 4.79 Å². The van der Waals surface area contributed by atoms with Gasteiger partial charge in [0.05, 0.1) is 0 Å². The summed E-state index contributed by atoms with van der Waals surface area (Å²) in [5.41, 5.74) is 2.52. The molecule has 0 aromatic carbocycles. The first-order valence-electron chi connectivity index (χ1n) is 4.54. The lowest BCUT2D eigenvalue weighted by molar-refractivity contribution is 0.0498. The monoisotopic (exact) mass is 199 g/mol. The second kappa shape index (κ2) is 3.88. The van der Waals surface area contributed by atoms with E-state index in [4.69, 9.17) is 4.74 Å². The van der Waals surface area contributed by atoms with Gasteiger partial charge in [-0.2, -0.15) is 0 Å². The summed E-state index contributed by atoms with van der Waals surface area (Å²) in [7, 11) is 1.85. The Balaban J connectivity index is 2.32. The Hall–Kier alpha value is -1.23. The number of nitrogens with one attached hydrogen (secondary N) is 2. The van der Waals surface area contributed by atoms with Crippen molar-refractivity contribution < 1.29 is 9.53 Å². The zero-order valence-corrected chi connectivity index (χ0v) is 9.00. The smallest absolute Gasteiger partial charge is 0.409 e. The van der Waals surface area contributed by atoms with Crippen LogP contribution >= 0.6 is 0 Å². The van der Waals surface area contributed by atoms with Gasteiger partial charge in [-0.3, -0.25) is 0 Å². The highest BCUT2D eigenvalue weighted by Crippen LogP contribution is 2.07. The molecule has 5 nitrogen and oxygen atoms in total. The van der Waals surface area contributed by atoms with Crippen LogP contribution in [0.2, 0.25) is 0 Å². The minimum atomic E-state index is -0.460. The topological polar surface area (TPSA) is 53.6 Å². The van der Waals surface area contributed by atoms with Gasteiger partial charge >= 0.3 is 6.09 Å². The highest BCUT2D eigenvalue weighted by Gasteiger charge is 2.20. The van der Waals surface area contributed by atoms with Crippen LogP contribution in [-0.2, 0) is 4.74 Å². The lowest BCUT2D eigenvalue weighted by Crippen LogP contribution is -2.46. The van der Waals surface area contributed by atoms with E-state index >= 15 is 0 Å². The van der Waals surface area contributed by atoms with Crippen LogP contribution in [0.3, 0.4) is 0 Å². The van der Waals surface area contributed by atoms with Crippen molar-refractivity contribution in [2.45, 2.75) is 32.5 Å². The van der Waals surface area contributed by atoms with Gasteiger partial charge in [-0.15, -0.1) is 0 Å². The summed E-state index contributed by atoms with van der Waals surface area (Å²) < 4.78 is 5.09. The molecule has 0 aromatic rings. The van der Waals surface area contributed by atoms with Crippen molar-refractivity contribution in [2.75, 3.05) is 7.05 Å². The zero-order chi connectivity index (χ0) is 10.8. The quantitative estimate of drug-likeness (QED) is 0.656. The highest BCUT2D eigenvalue weighted by molar-refractivity contribution is 5.68. The van der Waals surface area contributed by atoms with E-state index < -0.39 is 11.7 Å². The molecule has 0 aliphatic carbocycles. The Kier molecular flexibility index (Phi) is 3.00. The molecule has 0 spiro atoms. The summed E-state index contributed by atoms with van der Waals surface area (Å²) in [6.45, 7) is 5.49. The third-order valence-electron chi connectivity index (χ3n) is 1.52. The summed E-state index contributed by atoms with van der Waals surface area (Å²) in [5, 5.41) is 4.43. The molecule has 14 heavy (non-hydrogen) atoms. The maximum Gasteiger partial charge on any atom is 0.409 e. The van der Waals surface area contributed by atoms with E-state index in [9.17, 15) is 4.79 Å². The number of hydrogen-bond donors (Lipinski definition) is 2. The van der Waals surface area contributed by atoms with Crippen LogP contribution in [0.5, 0.6) is 0 Å². The number of amides is 1. The predicted octanol–water partition coefficient (Wildman–Crippen LogP) is 0.801. The van der Waals surface area contributed by atoms with Crippen LogP contribution in [0.1, 0.15) is 20.8 Å². The Morgan fingerprint density at radius 3 is 2.64 bits per heavy atom. The Labute approximate surface area is 84.1 Å². The Morgan fingerprint density at radius 2 is 2.21 bits per heavy atom. The van der Waals surface area contributed by atoms with Gasteiger partial charge in [0, 0.05) is 13.2 Å². The van der Waals surface area contributed by atoms with E-state index in [1.165, 1.54) is 0 Å². The van der Waals surface area contributed by atoms with Crippen LogP contribution in [0.25, 0.3) is 0 Å². The molecule has 5 heteroatoms. The first-order valence-corrected chi connectivity index (χ1v) is 4.54. The molecule has 1 unspecified atom stereocenters. The molecular formula is C9H17N3O2. The number of carbonyl (C=O) groups excluding carboxylic acids is 1. The number of carbonyl (C=O) groups is 1. The van der Waals surface area contributed by atoms with Crippen molar-refractivity contribution in [1.82, 2.24) is 15.8 Å². The molecule has 0 bridgehead atoms. The first-order chi connectivity index (χ1) is 6.37. The van der Waals surface area contributed by atoms with E-state index in [0.29, 0.717) is 0 Å². The lowest BCUT2D eigenvalue weighted by atomic mass is 10.2. The van der Waals surface area contributed by atoms with E-state index in [2.05, 4.69) is 10.7 Å². The minimum absolute atomic E-state index is 0.185. The molecule has 1 amide bonds. The number of ether oxygens (including phenoxy) is 1. The SMILES string of the molecule is CN1C=CC(NC(=O)OC(C)(C)C)N1. The van der Waals surface area contributed by atoms with Crippen molar-refractivity contribution in [3.63, 3.8) is 0 Å². The summed E-state index contributed by atoms with van der Waals surface area (Å²) in [6, 6.07) is 0. The molecule has 2 N–H and O–H groups in total. The summed E-state index contributed by atoms with van der Waals surface area (Å²) in [4.78, 5) is 11.3. The molecule has 0 radical (unpaired) electrons. The molecule has 1 atom stereocenters. The predicted molar refractivity (Wildman–Crippen MR) is 53.2 cm³/mol. The van der Waals surface area contributed by atoms with Gasteiger partial charge in [0.25, 0.3) is 0 Å². The Bertz CT molecular complexity index is 245. The van der Waals surface area contributed by atoms with E-state index in [1.807, 2.05) is 40.1 Å². The molecular weight excluding hydrogens is 182 g/mol. The number of hydrogen-bond acceptors (Lipinski definition) is 4. The van der Waals surface area contributed by atoms with Crippen molar-refractivity contribution in [3.05, 3.63) is 12.3 Å². The zero-order valence-electron chi connectivity index (χ0n) is 9.00. The van der Waals surface area contributed by atoms with E-state index in [0.717, 1.165) is 0 Å². The van der Waals surface area contributed by atoms with Crippen molar-refractivity contribution in [2.24, 2.45) is 0 Å². The number of nitrogens with zero attached hydrogens (tertiary/aromatic N) is 1. The van der Waals surface area contributed by atoms with Gasteiger partial charge in [-0.1, -0.05) is 0 Å². The summed E-state index contributed by atoms with van der Waals surface area (Å²) in [6.07, 6.45) is 3.07. The maximum absolute atomic E-state index is 11.3. The molecule has 80 valence electrons. The van der Waals surface area contributed by atoms with E-state index in [1.54, 1.807) is 5.01 Å². The second-order valence-corrected chi connectivity index (χ2v) is 4.21. The summed E-state index contributed by atoms with van der Waals surface area (Å²) in [5.74, 6) is 0. The van der Waals surface area contributed by atoms with Crippen molar-refractivity contribution in [3.8, 4) is 0 Å². The van der Waals surface area contributed by atoms with Gasteiger partial charge in [0.15, 0.2) is 0 Å². The standard InChI is InChI=1S/C9H17N3O2/c1-9(2,3)14-8(13)10-7-5-6-12(4)11-7/h5-7,11H,1-4H3,(H,10,13). The van der Waals surface area contributed by atoms with Gasteiger partial charge in [-0.05, 0) is 26.8 Å². The maximum atomic E-state index is 11.3. The largest absolute Gasteiger partial charge is 0.444 e. The van der Waals surface area contributed by atoms with Crippen LogP contribution in [0.15, 0.2) is 12.3 Å². The molecule has 1 aliphatic rings. The van der Waals surface area contributed by atoms with Gasteiger partial charge in [0.2, 0.25) is 0 Å². The molecule has 0 saturated heterocycles. The molecule has 1 heterocycles. The number of rotatable bonds is 1.